The summed E-state index contributed by atoms with van der Waals surface area (Å²) in [5, 5.41) is 2.69. The topological polar surface area (TPSA) is 136 Å². The van der Waals surface area contributed by atoms with Gasteiger partial charge in [-0.05, 0) is 50.5 Å². The third-order valence-electron chi connectivity index (χ3n) is 4.40. The SMILES string of the molecule is CC(=O)N(C(=O)[C@H](CC(C)C)NC(=O)[C@@H](N)CC(C)C)[C@H](C=O)CCCCN. The predicted octanol–water partition coefficient (Wildman–Crippen LogP) is 0.962. The van der Waals surface area contributed by atoms with Gasteiger partial charge in [0, 0.05) is 6.92 Å². The minimum atomic E-state index is -0.911. The Hall–Kier alpha value is -1.80. The highest BCUT2D eigenvalue weighted by atomic mass is 16.2. The number of nitrogens with zero attached hydrogens (tertiary/aromatic N) is 1. The summed E-state index contributed by atoms with van der Waals surface area (Å²) in [6.45, 7) is 9.46. The van der Waals surface area contributed by atoms with Crippen LogP contribution in [0.3, 0.4) is 0 Å². The van der Waals surface area contributed by atoms with Gasteiger partial charge in [-0.3, -0.25) is 19.3 Å². The highest BCUT2D eigenvalue weighted by Crippen LogP contribution is 2.14. The molecule has 0 aliphatic heterocycles. The van der Waals surface area contributed by atoms with E-state index in [-0.39, 0.29) is 11.8 Å². The molecule has 0 saturated carbocycles. The lowest BCUT2D eigenvalue weighted by molar-refractivity contribution is -0.151. The van der Waals surface area contributed by atoms with Gasteiger partial charge in [-0.2, -0.15) is 0 Å². The third-order valence-corrected chi connectivity index (χ3v) is 4.40. The highest BCUT2D eigenvalue weighted by Gasteiger charge is 2.34. The quantitative estimate of drug-likeness (QED) is 0.312. The molecule has 8 heteroatoms. The lowest BCUT2D eigenvalue weighted by atomic mass is 9.99. The van der Waals surface area contributed by atoms with Crippen LogP contribution in [0, 0.1) is 11.8 Å². The minimum absolute atomic E-state index is 0.0938. The summed E-state index contributed by atoms with van der Waals surface area (Å²) in [4.78, 5) is 50.2. The Morgan fingerprint density at radius 2 is 1.61 bits per heavy atom. The summed E-state index contributed by atoms with van der Waals surface area (Å²) < 4.78 is 0. The van der Waals surface area contributed by atoms with E-state index in [1.165, 1.54) is 6.92 Å². The molecule has 0 aromatic rings. The van der Waals surface area contributed by atoms with Crippen LogP contribution in [0.1, 0.15) is 66.7 Å². The molecule has 3 amide bonds. The maximum atomic E-state index is 13.1. The van der Waals surface area contributed by atoms with Crippen LogP contribution >= 0.6 is 0 Å². The molecule has 0 unspecified atom stereocenters. The van der Waals surface area contributed by atoms with Crippen molar-refractivity contribution in [3.8, 4) is 0 Å². The molecule has 28 heavy (non-hydrogen) atoms. The molecule has 0 spiro atoms. The molecule has 162 valence electrons. The molecule has 5 N–H and O–H groups in total. The van der Waals surface area contributed by atoms with E-state index < -0.39 is 35.8 Å². The lowest BCUT2D eigenvalue weighted by Gasteiger charge is -2.31. The number of nitrogens with two attached hydrogens (primary N) is 2. The first-order valence-corrected chi connectivity index (χ1v) is 10.1. The maximum Gasteiger partial charge on any atom is 0.252 e. The van der Waals surface area contributed by atoms with Crippen LogP contribution in [0.25, 0.3) is 0 Å². The first-order chi connectivity index (χ1) is 13.0. The van der Waals surface area contributed by atoms with Gasteiger partial charge in [0.05, 0.1) is 12.1 Å². The second-order valence-corrected chi connectivity index (χ2v) is 8.14. The van der Waals surface area contributed by atoms with Crippen molar-refractivity contribution in [3.63, 3.8) is 0 Å². The van der Waals surface area contributed by atoms with E-state index in [2.05, 4.69) is 5.32 Å². The van der Waals surface area contributed by atoms with Crippen LogP contribution in [0.15, 0.2) is 0 Å². The zero-order valence-electron chi connectivity index (χ0n) is 17.9. The van der Waals surface area contributed by atoms with Crippen LogP contribution in [0.2, 0.25) is 0 Å². The number of unbranched alkanes of at least 4 members (excludes halogenated alkanes) is 1. The zero-order chi connectivity index (χ0) is 21.9. The second kappa shape index (κ2) is 13.4. The summed E-state index contributed by atoms with van der Waals surface area (Å²) in [6.07, 6.45) is 3.10. The first-order valence-electron chi connectivity index (χ1n) is 10.1. The van der Waals surface area contributed by atoms with Gasteiger partial charge in [0.25, 0.3) is 5.91 Å². The van der Waals surface area contributed by atoms with Crippen LogP contribution in [-0.2, 0) is 19.2 Å². The van der Waals surface area contributed by atoms with Crippen molar-refractivity contribution in [2.24, 2.45) is 23.3 Å². The smallest absolute Gasteiger partial charge is 0.252 e. The van der Waals surface area contributed by atoms with Crippen molar-refractivity contribution < 1.29 is 19.2 Å². The fourth-order valence-corrected chi connectivity index (χ4v) is 3.06. The summed E-state index contributed by atoms with van der Waals surface area (Å²) in [7, 11) is 0. The molecule has 0 aromatic carbocycles. The van der Waals surface area contributed by atoms with Gasteiger partial charge >= 0.3 is 0 Å². The van der Waals surface area contributed by atoms with E-state index in [1.807, 2.05) is 27.7 Å². The maximum absolute atomic E-state index is 13.1. The van der Waals surface area contributed by atoms with Gasteiger partial charge < -0.3 is 21.6 Å². The Morgan fingerprint density at radius 1 is 1.04 bits per heavy atom. The van der Waals surface area contributed by atoms with E-state index >= 15 is 0 Å². The summed E-state index contributed by atoms with van der Waals surface area (Å²) in [5.74, 6) is -1.20. The number of hydrogen-bond donors (Lipinski definition) is 3. The fourth-order valence-electron chi connectivity index (χ4n) is 3.06. The van der Waals surface area contributed by atoms with Crippen molar-refractivity contribution in [1.82, 2.24) is 10.2 Å². The van der Waals surface area contributed by atoms with Gasteiger partial charge in [0.1, 0.15) is 12.3 Å². The molecule has 8 nitrogen and oxygen atoms in total. The number of carbonyl (C=O) groups is 4. The standard InChI is InChI=1S/C20H38N4O4/c1-13(2)10-17(22)19(27)23-18(11-14(3)4)20(28)24(15(5)26)16(12-25)8-6-7-9-21/h12-14,16-18H,6-11,21-22H2,1-5H3,(H,23,27)/t16-,17-,18-/m0/s1. The molecular weight excluding hydrogens is 360 g/mol. The second-order valence-electron chi connectivity index (χ2n) is 8.14. The Bertz CT molecular complexity index is 522. The van der Waals surface area contributed by atoms with Crippen LogP contribution in [0.5, 0.6) is 0 Å². The van der Waals surface area contributed by atoms with Crippen molar-refractivity contribution >= 4 is 24.0 Å². The fraction of sp³-hybridized carbons (Fsp3) is 0.800. The summed E-state index contributed by atoms with van der Waals surface area (Å²) in [5.41, 5.74) is 11.4. The van der Waals surface area contributed by atoms with E-state index in [1.54, 1.807) is 0 Å². The Balaban J connectivity index is 5.46. The van der Waals surface area contributed by atoms with Crippen molar-refractivity contribution in [2.45, 2.75) is 84.8 Å². The molecule has 0 fully saturated rings. The molecule has 0 radical (unpaired) electrons. The highest BCUT2D eigenvalue weighted by molar-refractivity contribution is 6.01. The van der Waals surface area contributed by atoms with Crippen molar-refractivity contribution in [1.29, 1.82) is 0 Å². The normalized spacial score (nSPS) is 14.5. The molecule has 0 aromatic heterocycles. The van der Waals surface area contributed by atoms with Crippen molar-refractivity contribution in [2.75, 3.05) is 6.54 Å². The number of carbonyl (C=O) groups excluding carboxylic acids is 4. The van der Waals surface area contributed by atoms with Crippen LogP contribution < -0.4 is 16.8 Å². The number of rotatable bonds is 13. The summed E-state index contributed by atoms with van der Waals surface area (Å²) >= 11 is 0. The first kappa shape index (κ1) is 26.2. The van der Waals surface area contributed by atoms with E-state index in [9.17, 15) is 19.2 Å². The van der Waals surface area contributed by atoms with Gasteiger partial charge in [-0.15, -0.1) is 0 Å². The molecule has 0 aliphatic rings. The molecule has 0 saturated heterocycles. The number of hydrogen-bond acceptors (Lipinski definition) is 6. The van der Waals surface area contributed by atoms with E-state index in [0.717, 1.165) is 4.90 Å². The lowest BCUT2D eigenvalue weighted by Crippen LogP contribution is -2.56. The number of amides is 3. The molecule has 0 bridgehead atoms. The largest absolute Gasteiger partial charge is 0.343 e. The molecular formula is C20H38N4O4. The average Bonchev–Trinajstić information content (AvgIpc) is 2.58. The monoisotopic (exact) mass is 398 g/mol. The Labute approximate surface area is 168 Å². The van der Waals surface area contributed by atoms with Gasteiger partial charge in [-0.1, -0.05) is 27.7 Å². The number of imide groups is 1. The molecule has 0 aliphatic carbocycles. The van der Waals surface area contributed by atoms with Crippen LogP contribution in [-0.4, -0.2) is 53.6 Å². The average molecular weight is 399 g/mol. The Kier molecular flexibility index (Phi) is 12.5. The van der Waals surface area contributed by atoms with E-state index in [4.69, 9.17) is 11.5 Å². The number of nitrogens with one attached hydrogen (secondary N) is 1. The van der Waals surface area contributed by atoms with Crippen molar-refractivity contribution in [3.05, 3.63) is 0 Å². The molecule has 3 atom stereocenters. The van der Waals surface area contributed by atoms with Crippen LogP contribution in [0.4, 0.5) is 0 Å². The van der Waals surface area contributed by atoms with Gasteiger partial charge in [-0.25, -0.2) is 0 Å². The third kappa shape index (κ3) is 9.41. The molecule has 0 rings (SSSR count). The summed E-state index contributed by atoms with van der Waals surface area (Å²) in [6, 6.07) is -2.52. The number of aldehydes is 1. The van der Waals surface area contributed by atoms with Gasteiger partial charge in [0.2, 0.25) is 11.8 Å². The molecule has 0 heterocycles. The van der Waals surface area contributed by atoms with Gasteiger partial charge in [0.15, 0.2) is 0 Å². The van der Waals surface area contributed by atoms with E-state index in [0.29, 0.717) is 44.9 Å². The minimum Gasteiger partial charge on any atom is -0.343 e. The Morgan fingerprint density at radius 3 is 2.04 bits per heavy atom. The predicted molar refractivity (Wildman–Crippen MR) is 109 cm³/mol. The zero-order valence-corrected chi connectivity index (χ0v) is 17.9.